The molecule has 23 heavy (non-hydrogen) atoms. The zero-order valence-electron chi connectivity index (χ0n) is 14.1. The Kier molecular flexibility index (Phi) is 5.66. The quantitative estimate of drug-likeness (QED) is 0.861. The molecule has 1 aromatic heterocycles. The van der Waals surface area contributed by atoms with Gasteiger partial charge in [-0.25, -0.2) is 4.79 Å². The first kappa shape index (κ1) is 17.3. The zero-order valence-corrected chi connectivity index (χ0v) is 14.9. The minimum absolute atomic E-state index is 0.314. The van der Waals surface area contributed by atoms with Gasteiger partial charge in [0.15, 0.2) is 0 Å². The van der Waals surface area contributed by atoms with E-state index in [2.05, 4.69) is 16.8 Å². The van der Waals surface area contributed by atoms with Crippen LogP contribution in [0.2, 0.25) is 0 Å². The second kappa shape index (κ2) is 7.51. The number of carbonyl (C=O) groups is 1. The third kappa shape index (κ3) is 5.60. The molecule has 0 atom stereocenters. The molecule has 2 rings (SSSR count). The van der Waals surface area contributed by atoms with E-state index in [9.17, 15) is 4.79 Å². The van der Waals surface area contributed by atoms with Gasteiger partial charge in [-0.1, -0.05) is 24.3 Å². The van der Waals surface area contributed by atoms with Gasteiger partial charge < -0.3 is 15.0 Å². The Balaban J connectivity index is 2.00. The summed E-state index contributed by atoms with van der Waals surface area (Å²) in [7, 11) is 1.75. The number of anilines is 1. The third-order valence-corrected chi connectivity index (χ3v) is 4.04. The van der Waals surface area contributed by atoms with Crippen LogP contribution in [0.5, 0.6) is 0 Å². The number of nitrogens with one attached hydrogen (secondary N) is 1. The summed E-state index contributed by atoms with van der Waals surface area (Å²) in [5, 5.41) is 5.51. The molecular formula is C18H24N2O2S. The normalized spacial score (nSPS) is 11.1. The molecule has 0 bridgehead atoms. The number of thiophene rings is 1. The van der Waals surface area contributed by atoms with E-state index in [1.54, 1.807) is 23.3 Å². The molecule has 0 aliphatic rings. The summed E-state index contributed by atoms with van der Waals surface area (Å²) in [6.07, 6.45) is -0.314. The molecule has 0 aliphatic heterocycles. The number of carbonyl (C=O) groups excluding carboxylic acids is 1. The molecule has 4 nitrogen and oxygen atoms in total. The monoisotopic (exact) mass is 332 g/mol. The van der Waals surface area contributed by atoms with E-state index in [4.69, 9.17) is 4.74 Å². The maximum atomic E-state index is 12.1. The average Bonchev–Trinajstić information content (AvgIpc) is 2.98. The second-order valence-electron chi connectivity index (χ2n) is 6.43. The van der Waals surface area contributed by atoms with E-state index >= 15 is 0 Å². The molecule has 0 aliphatic carbocycles. The summed E-state index contributed by atoms with van der Waals surface area (Å²) < 4.78 is 5.40. The van der Waals surface area contributed by atoms with Gasteiger partial charge >= 0.3 is 6.09 Å². The van der Waals surface area contributed by atoms with Gasteiger partial charge in [-0.05, 0) is 43.8 Å². The van der Waals surface area contributed by atoms with Crippen molar-refractivity contribution in [2.75, 3.05) is 12.4 Å². The van der Waals surface area contributed by atoms with Crippen LogP contribution in [0.4, 0.5) is 10.5 Å². The Labute approximate surface area is 142 Å². The summed E-state index contributed by atoms with van der Waals surface area (Å²) in [6.45, 7) is 6.90. The summed E-state index contributed by atoms with van der Waals surface area (Å²) in [5.41, 5.74) is 1.62. The fourth-order valence-corrected chi connectivity index (χ4v) is 2.73. The van der Waals surface area contributed by atoms with Crippen LogP contribution in [0.1, 0.15) is 31.2 Å². The largest absolute Gasteiger partial charge is 0.444 e. The SMILES string of the molecule is CN(Cc1ccccc1NCc1cccs1)C(=O)OC(C)(C)C. The van der Waals surface area contributed by atoms with E-state index < -0.39 is 5.60 Å². The number of para-hydroxylation sites is 1. The van der Waals surface area contributed by atoms with Crippen molar-refractivity contribution in [2.24, 2.45) is 0 Å². The van der Waals surface area contributed by atoms with E-state index in [0.29, 0.717) is 6.54 Å². The van der Waals surface area contributed by atoms with Crippen molar-refractivity contribution in [3.63, 3.8) is 0 Å². The predicted molar refractivity (Wildman–Crippen MR) is 95.8 cm³/mol. The number of hydrogen-bond acceptors (Lipinski definition) is 4. The molecule has 0 unspecified atom stereocenters. The van der Waals surface area contributed by atoms with Crippen molar-refractivity contribution in [2.45, 2.75) is 39.5 Å². The smallest absolute Gasteiger partial charge is 0.410 e. The zero-order chi connectivity index (χ0) is 16.9. The van der Waals surface area contributed by atoms with Crippen LogP contribution in [-0.2, 0) is 17.8 Å². The lowest BCUT2D eigenvalue weighted by Crippen LogP contribution is -2.33. The lowest BCUT2D eigenvalue weighted by Gasteiger charge is -2.25. The Morgan fingerprint density at radius 3 is 2.61 bits per heavy atom. The third-order valence-electron chi connectivity index (χ3n) is 3.16. The molecule has 0 fully saturated rings. The van der Waals surface area contributed by atoms with Crippen molar-refractivity contribution in [1.82, 2.24) is 4.90 Å². The highest BCUT2D eigenvalue weighted by Crippen LogP contribution is 2.20. The first-order valence-electron chi connectivity index (χ1n) is 7.63. The summed E-state index contributed by atoms with van der Waals surface area (Å²) in [5.74, 6) is 0. The number of ether oxygens (including phenoxy) is 1. The number of hydrogen-bond donors (Lipinski definition) is 1. The molecule has 124 valence electrons. The topological polar surface area (TPSA) is 41.6 Å². The van der Waals surface area contributed by atoms with Crippen LogP contribution in [0, 0.1) is 0 Å². The van der Waals surface area contributed by atoms with Crippen LogP contribution in [0.15, 0.2) is 41.8 Å². The summed E-state index contributed by atoms with van der Waals surface area (Å²) in [6, 6.07) is 12.2. The van der Waals surface area contributed by atoms with E-state index in [0.717, 1.165) is 17.8 Å². The standard InChI is InChI=1S/C18H24N2O2S/c1-18(2,3)22-17(21)20(4)13-14-8-5-6-10-16(14)19-12-15-9-7-11-23-15/h5-11,19H,12-13H2,1-4H3. The van der Waals surface area contributed by atoms with Crippen molar-refractivity contribution in [3.8, 4) is 0 Å². The Hall–Kier alpha value is -2.01. The maximum Gasteiger partial charge on any atom is 0.410 e. The summed E-state index contributed by atoms with van der Waals surface area (Å²) in [4.78, 5) is 15.0. The van der Waals surface area contributed by atoms with Crippen LogP contribution >= 0.6 is 11.3 Å². The van der Waals surface area contributed by atoms with Gasteiger partial charge in [-0.15, -0.1) is 11.3 Å². The molecule has 5 heteroatoms. The number of rotatable bonds is 5. The molecule has 0 saturated carbocycles. The molecular weight excluding hydrogens is 308 g/mol. The Bertz CT molecular complexity index is 633. The lowest BCUT2D eigenvalue weighted by atomic mass is 10.1. The second-order valence-corrected chi connectivity index (χ2v) is 7.46. The van der Waals surface area contributed by atoms with Crippen molar-refractivity contribution in [1.29, 1.82) is 0 Å². The highest BCUT2D eigenvalue weighted by Gasteiger charge is 2.20. The van der Waals surface area contributed by atoms with Gasteiger partial charge in [0, 0.05) is 24.2 Å². The van der Waals surface area contributed by atoms with Gasteiger partial charge in [0.25, 0.3) is 0 Å². The van der Waals surface area contributed by atoms with Gasteiger partial charge in [0.05, 0.1) is 6.54 Å². The van der Waals surface area contributed by atoms with Crippen LogP contribution in [0.3, 0.4) is 0 Å². The van der Waals surface area contributed by atoms with Gasteiger partial charge in [0.2, 0.25) is 0 Å². The van der Waals surface area contributed by atoms with Crippen molar-refractivity contribution in [3.05, 3.63) is 52.2 Å². The lowest BCUT2D eigenvalue weighted by molar-refractivity contribution is 0.0285. The number of amides is 1. The number of benzene rings is 1. The van der Waals surface area contributed by atoms with Crippen LogP contribution in [-0.4, -0.2) is 23.6 Å². The highest BCUT2D eigenvalue weighted by atomic mass is 32.1. The molecule has 1 aromatic carbocycles. The van der Waals surface area contributed by atoms with Crippen molar-refractivity contribution >= 4 is 23.1 Å². The first-order valence-corrected chi connectivity index (χ1v) is 8.51. The Morgan fingerprint density at radius 2 is 1.96 bits per heavy atom. The fourth-order valence-electron chi connectivity index (χ4n) is 2.09. The maximum absolute atomic E-state index is 12.1. The van der Waals surface area contributed by atoms with Crippen LogP contribution < -0.4 is 5.32 Å². The molecule has 0 spiro atoms. The van der Waals surface area contributed by atoms with E-state index in [1.165, 1.54) is 4.88 Å². The molecule has 1 N–H and O–H groups in total. The molecule has 0 radical (unpaired) electrons. The Morgan fingerprint density at radius 1 is 1.22 bits per heavy atom. The summed E-state index contributed by atoms with van der Waals surface area (Å²) >= 11 is 1.73. The van der Waals surface area contributed by atoms with E-state index in [1.807, 2.05) is 51.1 Å². The molecule has 1 heterocycles. The minimum Gasteiger partial charge on any atom is -0.444 e. The van der Waals surface area contributed by atoms with E-state index in [-0.39, 0.29) is 6.09 Å². The van der Waals surface area contributed by atoms with Crippen LogP contribution in [0.25, 0.3) is 0 Å². The molecule has 1 amide bonds. The highest BCUT2D eigenvalue weighted by molar-refractivity contribution is 7.09. The average molecular weight is 332 g/mol. The van der Waals surface area contributed by atoms with Gasteiger partial charge in [-0.3, -0.25) is 0 Å². The predicted octanol–water partition coefficient (Wildman–Crippen LogP) is 4.73. The van der Waals surface area contributed by atoms with Gasteiger partial charge in [0.1, 0.15) is 5.60 Å². The number of nitrogens with zero attached hydrogens (tertiary/aromatic N) is 1. The van der Waals surface area contributed by atoms with Crippen molar-refractivity contribution < 1.29 is 9.53 Å². The first-order chi connectivity index (χ1) is 10.8. The van der Waals surface area contributed by atoms with Gasteiger partial charge in [-0.2, -0.15) is 0 Å². The molecule has 2 aromatic rings. The fraction of sp³-hybridized carbons (Fsp3) is 0.389. The molecule has 0 saturated heterocycles. The minimum atomic E-state index is -0.484.